The summed E-state index contributed by atoms with van der Waals surface area (Å²) in [6.45, 7) is 0. The fraction of sp³-hybridized carbons (Fsp3) is 0.409. The van der Waals surface area contributed by atoms with E-state index < -0.39 is 0 Å². The predicted molar refractivity (Wildman–Crippen MR) is 99.4 cm³/mol. The zero-order valence-electron chi connectivity index (χ0n) is 14.9. The number of hydrogen-bond donors (Lipinski definition) is 1. The minimum absolute atomic E-state index is 0.204. The zero-order chi connectivity index (χ0) is 17.7. The van der Waals surface area contributed by atoms with Gasteiger partial charge in [0.15, 0.2) is 11.5 Å². The van der Waals surface area contributed by atoms with Gasteiger partial charge in [0.25, 0.3) is 0 Å². The second-order valence-corrected chi connectivity index (χ2v) is 7.78. The molecule has 4 nitrogen and oxygen atoms in total. The molecule has 26 heavy (non-hydrogen) atoms. The Morgan fingerprint density at radius 1 is 0.962 bits per heavy atom. The molecule has 0 spiro atoms. The molecule has 2 aromatic rings. The number of para-hydroxylation sites is 2. The first-order valence-corrected chi connectivity index (χ1v) is 9.46. The van der Waals surface area contributed by atoms with Crippen molar-refractivity contribution in [3.8, 4) is 17.2 Å². The Morgan fingerprint density at radius 3 is 2.27 bits per heavy atom. The summed E-state index contributed by atoms with van der Waals surface area (Å²) < 4.78 is 11.2. The van der Waals surface area contributed by atoms with Crippen LogP contribution in [0.15, 0.2) is 48.5 Å². The average molecular weight is 349 g/mol. The van der Waals surface area contributed by atoms with Crippen LogP contribution < -0.4 is 14.8 Å². The fourth-order valence-electron chi connectivity index (χ4n) is 5.34. The van der Waals surface area contributed by atoms with Gasteiger partial charge in [-0.15, -0.1) is 0 Å². The summed E-state index contributed by atoms with van der Waals surface area (Å²) in [6, 6.07) is 15.1. The van der Waals surface area contributed by atoms with E-state index in [1.807, 2.05) is 48.5 Å². The number of nitrogens with one attached hydrogen (secondary N) is 1. The van der Waals surface area contributed by atoms with Crippen molar-refractivity contribution in [2.75, 3.05) is 12.4 Å². The molecule has 0 saturated heterocycles. The topological polar surface area (TPSA) is 47.6 Å². The molecule has 2 bridgehead atoms. The Morgan fingerprint density at radius 2 is 1.62 bits per heavy atom. The molecule has 0 aromatic heterocycles. The van der Waals surface area contributed by atoms with Gasteiger partial charge in [-0.2, -0.15) is 0 Å². The lowest BCUT2D eigenvalue weighted by Gasteiger charge is -2.12. The first kappa shape index (κ1) is 15.7. The van der Waals surface area contributed by atoms with Gasteiger partial charge in [0.05, 0.1) is 7.11 Å². The highest BCUT2D eigenvalue weighted by Gasteiger charge is 2.67. The second kappa shape index (κ2) is 6.04. The van der Waals surface area contributed by atoms with Crippen LogP contribution in [0, 0.1) is 29.6 Å². The Kier molecular flexibility index (Phi) is 3.66. The van der Waals surface area contributed by atoms with Crippen molar-refractivity contribution in [1.82, 2.24) is 0 Å². The van der Waals surface area contributed by atoms with Crippen LogP contribution in [0.4, 0.5) is 5.69 Å². The second-order valence-electron chi connectivity index (χ2n) is 7.78. The monoisotopic (exact) mass is 349 g/mol. The Bertz CT molecular complexity index is 816. The molecule has 1 unspecified atom stereocenters. The van der Waals surface area contributed by atoms with E-state index in [1.165, 1.54) is 19.3 Å². The van der Waals surface area contributed by atoms with Crippen LogP contribution in [0.25, 0.3) is 0 Å². The lowest BCUT2D eigenvalue weighted by molar-refractivity contribution is -0.118. The number of carbonyl (C=O) groups is 1. The van der Waals surface area contributed by atoms with Crippen molar-refractivity contribution in [2.45, 2.75) is 19.3 Å². The highest BCUT2D eigenvalue weighted by atomic mass is 16.5. The van der Waals surface area contributed by atoms with Gasteiger partial charge < -0.3 is 14.8 Å². The van der Waals surface area contributed by atoms with E-state index in [4.69, 9.17) is 9.47 Å². The highest BCUT2D eigenvalue weighted by molar-refractivity contribution is 5.95. The van der Waals surface area contributed by atoms with Gasteiger partial charge in [-0.3, -0.25) is 4.79 Å². The maximum Gasteiger partial charge on any atom is 0.228 e. The minimum atomic E-state index is 0.204. The maximum atomic E-state index is 12.6. The summed E-state index contributed by atoms with van der Waals surface area (Å²) in [6.07, 6.45) is 4.04. The van der Waals surface area contributed by atoms with Crippen LogP contribution in [0.1, 0.15) is 19.3 Å². The SMILES string of the molecule is COc1ccccc1Oc1ccc(NC(=O)C2[C@@H]3[C@H]4CC[C@H](C4)[C@H]23)cc1. The third-order valence-corrected chi connectivity index (χ3v) is 6.46. The first-order valence-electron chi connectivity index (χ1n) is 9.46. The van der Waals surface area contributed by atoms with Gasteiger partial charge >= 0.3 is 0 Å². The quantitative estimate of drug-likeness (QED) is 0.850. The van der Waals surface area contributed by atoms with E-state index in [2.05, 4.69) is 5.32 Å². The van der Waals surface area contributed by atoms with E-state index in [1.54, 1.807) is 7.11 Å². The predicted octanol–water partition coefficient (Wildman–Crippen LogP) is 4.72. The number of methoxy groups -OCH3 is 1. The first-order chi connectivity index (χ1) is 12.7. The molecule has 3 aliphatic rings. The van der Waals surface area contributed by atoms with Crippen molar-refractivity contribution >= 4 is 11.6 Å². The molecule has 5 rings (SSSR count). The van der Waals surface area contributed by atoms with Crippen molar-refractivity contribution in [1.29, 1.82) is 0 Å². The number of anilines is 1. The van der Waals surface area contributed by atoms with Crippen molar-refractivity contribution in [2.24, 2.45) is 29.6 Å². The minimum Gasteiger partial charge on any atom is -0.493 e. The molecule has 4 heteroatoms. The van der Waals surface area contributed by atoms with Crippen LogP contribution >= 0.6 is 0 Å². The summed E-state index contributed by atoms with van der Waals surface area (Å²) in [4.78, 5) is 12.6. The number of benzene rings is 2. The van der Waals surface area contributed by atoms with Gasteiger partial charge in [0.1, 0.15) is 5.75 Å². The standard InChI is InChI=1S/C22H23NO3/c1-25-17-4-2-3-5-18(17)26-16-10-8-15(9-11-16)23-22(24)21-19-13-6-7-14(12-13)20(19)21/h2-5,8-11,13-14,19-21H,6-7,12H2,1H3,(H,23,24)/t13-,14+,19+,20-,21?. The maximum absolute atomic E-state index is 12.6. The Hall–Kier alpha value is -2.49. The van der Waals surface area contributed by atoms with E-state index in [-0.39, 0.29) is 11.8 Å². The van der Waals surface area contributed by atoms with Crippen molar-refractivity contribution in [3.63, 3.8) is 0 Å². The third kappa shape index (κ3) is 2.56. The molecule has 1 N–H and O–H groups in total. The number of ether oxygens (including phenoxy) is 2. The summed E-state index contributed by atoms with van der Waals surface area (Å²) >= 11 is 0. The molecule has 0 radical (unpaired) electrons. The number of carbonyl (C=O) groups excluding carboxylic acids is 1. The number of fused-ring (bicyclic) bond motifs is 5. The van der Waals surface area contributed by atoms with Gasteiger partial charge in [-0.05, 0) is 79.3 Å². The van der Waals surface area contributed by atoms with E-state index in [0.29, 0.717) is 29.1 Å². The lowest BCUT2D eigenvalue weighted by atomic mass is 10.0. The summed E-state index contributed by atoms with van der Waals surface area (Å²) in [7, 11) is 1.63. The molecule has 0 heterocycles. The molecule has 2 aromatic carbocycles. The number of amides is 1. The highest BCUT2D eigenvalue weighted by Crippen LogP contribution is 2.69. The molecule has 3 fully saturated rings. The Labute approximate surface area is 153 Å². The molecular weight excluding hydrogens is 326 g/mol. The van der Waals surface area contributed by atoms with E-state index in [9.17, 15) is 4.79 Å². The molecule has 134 valence electrons. The normalized spacial score (nSPS) is 30.6. The average Bonchev–Trinajstić information content (AvgIpc) is 3.11. The smallest absolute Gasteiger partial charge is 0.228 e. The molecule has 3 saturated carbocycles. The summed E-state index contributed by atoms with van der Waals surface area (Å²) in [5.74, 6) is 5.51. The summed E-state index contributed by atoms with van der Waals surface area (Å²) in [5.41, 5.74) is 0.833. The third-order valence-electron chi connectivity index (χ3n) is 6.46. The zero-order valence-corrected chi connectivity index (χ0v) is 14.9. The van der Waals surface area contributed by atoms with Gasteiger partial charge in [-0.1, -0.05) is 12.1 Å². The van der Waals surface area contributed by atoms with Gasteiger partial charge in [-0.25, -0.2) is 0 Å². The van der Waals surface area contributed by atoms with Crippen molar-refractivity contribution < 1.29 is 14.3 Å². The fourth-order valence-corrected chi connectivity index (χ4v) is 5.34. The molecular formula is C22H23NO3. The van der Waals surface area contributed by atoms with Crippen LogP contribution in [-0.4, -0.2) is 13.0 Å². The largest absolute Gasteiger partial charge is 0.493 e. The lowest BCUT2D eigenvalue weighted by Crippen LogP contribution is -2.18. The van der Waals surface area contributed by atoms with Crippen LogP contribution in [0.5, 0.6) is 17.2 Å². The number of hydrogen-bond acceptors (Lipinski definition) is 3. The molecule has 1 amide bonds. The molecule has 3 aliphatic carbocycles. The summed E-state index contributed by atoms with van der Waals surface area (Å²) in [5, 5.41) is 3.10. The van der Waals surface area contributed by atoms with Crippen LogP contribution in [-0.2, 0) is 4.79 Å². The Balaban J connectivity index is 1.22. The van der Waals surface area contributed by atoms with Gasteiger partial charge in [0, 0.05) is 11.6 Å². The molecule has 0 aliphatic heterocycles. The number of rotatable bonds is 5. The van der Waals surface area contributed by atoms with Crippen LogP contribution in [0.3, 0.4) is 0 Å². The van der Waals surface area contributed by atoms with Crippen LogP contribution in [0.2, 0.25) is 0 Å². The van der Waals surface area contributed by atoms with E-state index >= 15 is 0 Å². The van der Waals surface area contributed by atoms with E-state index in [0.717, 1.165) is 17.5 Å². The van der Waals surface area contributed by atoms with Gasteiger partial charge in [0.2, 0.25) is 5.91 Å². The molecule has 5 atom stereocenters. The van der Waals surface area contributed by atoms with Crippen molar-refractivity contribution in [3.05, 3.63) is 48.5 Å².